The van der Waals surface area contributed by atoms with E-state index in [2.05, 4.69) is 0 Å². The number of aromatic carboxylic acids is 1. The van der Waals surface area contributed by atoms with Crippen LogP contribution in [0.2, 0.25) is 0 Å². The molecule has 0 saturated carbocycles. The van der Waals surface area contributed by atoms with E-state index in [4.69, 9.17) is 18.9 Å². The zero-order valence-electron chi connectivity index (χ0n) is 18.3. The average molecular weight is 422 g/mol. The Labute approximate surface area is 182 Å². The van der Waals surface area contributed by atoms with Crippen LogP contribution in [0.4, 0.5) is 0 Å². The molecule has 0 heterocycles. The summed E-state index contributed by atoms with van der Waals surface area (Å²) in [6.07, 6.45) is 0.432. The van der Waals surface area contributed by atoms with Crippen LogP contribution in [0.15, 0.2) is 48.5 Å². The lowest BCUT2D eigenvalue weighted by Gasteiger charge is -2.22. The molecule has 0 amide bonds. The first-order chi connectivity index (χ1) is 15.0. The van der Waals surface area contributed by atoms with Gasteiger partial charge in [-0.1, -0.05) is 42.5 Å². The summed E-state index contributed by atoms with van der Waals surface area (Å²) in [5.41, 5.74) is 4.26. The predicted molar refractivity (Wildman–Crippen MR) is 119 cm³/mol. The van der Waals surface area contributed by atoms with Gasteiger partial charge in [-0.2, -0.15) is 0 Å². The zero-order valence-corrected chi connectivity index (χ0v) is 18.3. The van der Waals surface area contributed by atoms with Crippen molar-refractivity contribution in [2.45, 2.75) is 13.3 Å². The van der Waals surface area contributed by atoms with E-state index in [1.54, 1.807) is 27.4 Å². The maximum absolute atomic E-state index is 12.0. The van der Waals surface area contributed by atoms with Gasteiger partial charge in [0.25, 0.3) is 0 Å². The number of carboxylic acids is 1. The van der Waals surface area contributed by atoms with Gasteiger partial charge < -0.3 is 24.1 Å². The molecule has 0 spiro atoms. The molecule has 0 radical (unpaired) electrons. The molecule has 0 fully saturated rings. The van der Waals surface area contributed by atoms with E-state index in [0.29, 0.717) is 35.0 Å². The summed E-state index contributed by atoms with van der Waals surface area (Å²) >= 11 is 0. The van der Waals surface area contributed by atoms with Crippen molar-refractivity contribution in [2.75, 3.05) is 28.4 Å². The van der Waals surface area contributed by atoms with Crippen molar-refractivity contribution in [3.8, 4) is 34.1 Å². The Morgan fingerprint density at radius 2 is 1.39 bits per heavy atom. The minimum atomic E-state index is -0.978. The first kappa shape index (κ1) is 22.0. The second-order valence-corrected chi connectivity index (χ2v) is 6.96. The van der Waals surface area contributed by atoms with E-state index in [9.17, 15) is 9.90 Å². The third-order valence-corrected chi connectivity index (χ3v) is 5.28. The van der Waals surface area contributed by atoms with Crippen LogP contribution in [0.1, 0.15) is 27.0 Å². The Balaban J connectivity index is 2.14. The molecule has 31 heavy (non-hydrogen) atoms. The second-order valence-electron chi connectivity index (χ2n) is 6.96. The van der Waals surface area contributed by atoms with Gasteiger partial charge in [0, 0.05) is 17.5 Å². The van der Waals surface area contributed by atoms with E-state index in [-0.39, 0.29) is 5.56 Å². The van der Waals surface area contributed by atoms with Crippen LogP contribution in [-0.4, -0.2) is 39.5 Å². The van der Waals surface area contributed by atoms with Crippen molar-refractivity contribution in [3.63, 3.8) is 0 Å². The molecule has 162 valence electrons. The molecule has 3 aromatic carbocycles. The highest BCUT2D eigenvalue weighted by Gasteiger charge is 2.25. The van der Waals surface area contributed by atoms with Gasteiger partial charge in [-0.3, -0.25) is 0 Å². The Hall–Kier alpha value is -3.67. The molecule has 3 rings (SSSR count). The highest BCUT2D eigenvalue weighted by Crippen LogP contribution is 2.49. The number of hydrogen-bond donors (Lipinski definition) is 1. The van der Waals surface area contributed by atoms with Crippen LogP contribution in [0.5, 0.6) is 23.0 Å². The normalized spacial score (nSPS) is 10.5. The molecule has 6 nitrogen and oxygen atoms in total. The summed E-state index contributed by atoms with van der Waals surface area (Å²) in [6.45, 7) is 1.91. The number of ether oxygens (including phenoxy) is 4. The van der Waals surface area contributed by atoms with Gasteiger partial charge in [0.05, 0.1) is 34.0 Å². The summed E-state index contributed by atoms with van der Waals surface area (Å²) in [5.74, 6) is 0.987. The van der Waals surface area contributed by atoms with Crippen molar-refractivity contribution in [1.82, 2.24) is 0 Å². The molecule has 0 aromatic heterocycles. The fourth-order valence-corrected chi connectivity index (χ4v) is 3.82. The average Bonchev–Trinajstić information content (AvgIpc) is 2.80. The predicted octanol–water partition coefficient (Wildman–Crippen LogP) is 4.99. The summed E-state index contributed by atoms with van der Waals surface area (Å²) in [5, 5.41) is 9.82. The van der Waals surface area contributed by atoms with Gasteiger partial charge in [0.1, 0.15) is 0 Å². The maximum atomic E-state index is 12.0. The largest absolute Gasteiger partial charge is 0.492 e. The first-order valence-electron chi connectivity index (χ1n) is 9.73. The number of rotatable bonds is 8. The molecule has 3 aromatic rings. The number of carboxylic acid groups (broad SMARTS) is 1. The van der Waals surface area contributed by atoms with E-state index >= 15 is 0 Å². The van der Waals surface area contributed by atoms with Crippen molar-refractivity contribution in [2.24, 2.45) is 0 Å². The molecular formula is C25H26O6. The fraction of sp³-hybridized carbons (Fsp3) is 0.240. The van der Waals surface area contributed by atoms with E-state index in [0.717, 1.165) is 22.3 Å². The van der Waals surface area contributed by atoms with Crippen LogP contribution in [0.3, 0.4) is 0 Å². The first-order valence-corrected chi connectivity index (χ1v) is 9.73. The molecule has 6 heteroatoms. The summed E-state index contributed by atoms with van der Waals surface area (Å²) < 4.78 is 22.3. The van der Waals surface area contributed by atoms with Gasteiger partial charge in [0.2, 0.25) is 11.5 Å². The summed E-state index contributed by atoms with van der Waals surface area (Å²) in [4.78, 5) is 12.0. The second kappa shape index (κ2) is 9.43. The molecule has 0 saturated heterocycles. The van der Waals surface area contributed by atoms with Crippen LogP contribution in [0, 0.1) is 6.92 Å². The van der Waals surface area contributed by atoms with Gasteiger partial charge in [-0.05, 0) is 29.7 Å². The summed E-state index contributed by atoms with van der Waals surface area (Å²) in [7, 11) is 6.21. The number of methoxy groups -OCH3 is 4. The number of carbonyl (C=O) groups is 1. The number of benzene rings is 3. The highest BCUT2D eigenvalue weighted by atomic mass is 16.5. The zero-order chi connectivity index (χ0) is 22.5. The number of hydrogen-bond acceptors (Lipinski definition) is 5. The van der Waals surface area contributed by atoms with Crippen LogP contribution >= 0.6 is 0 Å². The van der Waals surface area contributed by atoms with Crippen molar-refractivity contribution < 1.29 is 28.8 Å². The van der Waals surface area contributed by atoms with Gasteiger partial charge in [0.15, 0.2) is 11.5 Å². The minimum Gasteiger partial charge on any atom is -0.492 e. The Morgan fingerprint density at radius 1 is 0.806 bits per heavy atom. The maximum Gasteiger partial charge on any atom is 0.336 e. The SMILES string of the molecule is COc1c(C)c(Cc2ccc(-c3ccccc3)c(C(=O)O)c2)c(OC)c(OC)c1OC. The molecule has 0 aliphatic heterocycles. The van der Waals surface area contributed by atoms with Crippen molar-refractivity contribution in [3.05, 3.63) is 70.8 Å². The molecule has 0 aliphatic carbocycles. The van der Waals surface area contributed by atoms with Crippen LogP contribution in [0.25, 0.3) is 11.1 Å². The molecule has 0 unspecified atom stereocenters. The lowest BCUT2D eigenvalue weighted by atomic mass is 9.93. The third kappa shape index (κ3) is 4.14. The van der Waals surface area contributed by atoms with E-state index in [1.807, 2.05) is 49.4 Å². The van der Waals surface area contributed by atoms with Crippen molar-refractivity contribution in [1.29, 1.82) is 0 Å². The monoisotopic (exact) mass is 422 g/mol. The van der Waals surface area contributed by atoms with Gasteiger partial charge in [-0.25, -0.2) is 4.79 Å². The summed E-state index contributed by atoms with van der Waals surface area (Å²) in [6, 6.07) is 14.9. The van der Waals surface area contributed by atoms with Crippen molar-refractivity contribution >= 4 is 5.97 Å². The lowest BCUT2D eigenvalue weighted by Crippen LogP contribution is -2.06. The molecule has 0 atom stereocenters. The smallest absolute Gasteiger partial charge is 0.336 e. The molecule has 0 bridgehead atoms. The van der Waals surface area contributed by atoms with Crippen LogP contribution in [-0.2, 0) is 6.42 Å². The minimum absolute atomic E-state index is 0.243. The third-order valence-electron chi connectivity index (χ3n) is 5.28. The van der Waals surface area contributed by atoms with Gasteiger partial charge in [-0.15, -0.1) is 0 Å². The lowest BCUT2D eigenvalue weighted by molar-refractivity contribution is 0.0697. The van der Waals surface area contributed by atoms with Crippen LogP contribution < -0.4 is 18.9 Å². The van der Waals surface area contributed by atoms with Gasteiger partial charge >= 0.3 is 5.97 Å². The van der Waals surface area contributed by atoms with E-state index < -0.39 is 5.97 Å². The molecule has 1 N–H and O–H groups in total. The molecular weight excluding hydrogens is 396 g/mol. The Morgan fingerprint density at radius 3 is 1.94 bits per heavy atom. The highest BCUT2D eigenvalue weighted by molar-refractivity contribution is 5.96. The Bertz CT molecular complexity index is 1090. The standard InChI is InChI=1S/C25H26O6/c1-15-19(22(29-3)24(31-5)23(30-4)21(15)28-2)13-16-11-12-18(20(14-16)25(26)27)17-9-7-6-8-10-17/h6-12,14H,13H2,1-5H3,(H,26,27). The topological polar surface area (TPSA) is 74.2 Å². The molecule has 0 aliphatic rings. The quantitative estimate of drug-likeness (QED) is 0.552. The van der Waals surface area contributed by atoms with E-state index in [1.165, 1.54) is 7.11 Å². The fourth-order valence-electron chi connectivity index (χ4n) is 3.82. The Kier molecular flexibility index (Phi) is 6.70.